The molecule has 0 radical (unpaired) electrons. The second kappa shape index (κ2) is 6.60. The molecule has 0 bridgehead atoms. The van der Waals surface area contributed by atoms with Crippen LogP contribution in [0.1, 0.15) is 52.0 Å². The van der Waals surface area contributed by atoms with E-state index in [9.17, 15) is 0 Å². The predicted molar refractivity (Wildman–Crippen MR) is 83.9 cm³/mol. The van der Waals surface area contributed by atoms with E-state index in [1.165, 1.54) is 29.6 Å². The van der Waals surface area contributed by atoms with E-state index in [1.807, 2.05) is 0 Å². The molecule has 102 valence electrons. The topological polar surface area (TPSA) is 12.0 Å². The molecule has 19 heavy (non-hydrogen) atoms. The smallest absolute Gasteiger partial charge is 0.0477 e. The van der Waals surface area contributed by atoms with Gasteiger partial charge in [0, 0.05) is 12.2 Å². The molecule has 1 aliphatic heterocycles. The second-order valence-electron chi connectivity index (χ2n) is 5.15. The molecule has 0 spiro atoms. The van der Waals surface area contributed by atoms with Gasteiger partial charge >= 0.3 is 0 Å². The Bertz CT molecular complexity index is 468. The molecular formula is C18H25N. The Labute approximate surface area is 117 Å². The van der Waals surface area contributed by atoms with Gasteiger partial charge in [-0.1, -0.05) is 57.5 Å². The highest BCUT2D eigenvalue weighted by Crippen LogP contribution is 2.35. The first-order chi connectivity index (χ1) is 9.31. The molecule has 2 rings (SSSR count). The maximum atomic E-state index is 3.60. The van der Waals surface area contributed by atoms with Gasteiger partial charge in [-0.05, 0) is 41.5 Å². The summed E-state index contributed by atoms with van der Waals surface area (Å²) in [5.41, 5.74) is 5.88. The average molecular weight is 255 g/mol. The summed E-state index contributed by atoms with van der Waals surface area (Å²) in [7, 11) is 0. The second-order valence-corrected chi connectivity index (χ2v) is 5.15. The van der Waals surface area contributed by atoms with Crippen LogP contribution in [0, 0.1) is 0 Å². The lowest BCUT2D eigenvalue weighted by Gasteiger charge is -2.30. The standard InChI is InChI=1S/C18H25N/c1-4-10-17-16(6-3)18(14(5-2)13-19-17)15-11-8-7-9-12-15/h7-9,11-13,17,19H,4-6,10H2,1-3H3. The van der Waals surface area contributed by atoms with Crippen molar-refractivity contribution in [3.05, 3.63) is 53.2 Å². The summed E-state index contributed by atoms with van der Waals surface area (Å²) in [5.74, 6) is 0. The van der Waals surface area contributed by atoms with E-state index in [0.29, 0.717) is 6.04 Å². The molecule has 0 amide bonds. The lowest BCUT2D eigenvalue weighted by atomic mass is 9.84. The van der Waals surface area contributed by atoms with Crippen molar-refractivity contribution in [3.8, 4) is 0 Å². The van der Waals surface area contributed by atoms with E-state index in [2.05, 4.69) is 62.6 Å². The minimum absolute atomic E-state index is 0.514. The van der Waals surface area contributed by atoms with Crippen molar-refractivity contribution >= 4 is 5.57 Å². The highest BCUT2D eigenvalue weighted by molar-refractivity contribution is 5.83. The van der Waals surface area contributed by atoms with E-state index in [4.69, 9.17) is 0 Å². The number of nitrogens with one attached hydrogen (secondary N) is 1. The Kier molecular flexibility index (Phi) is 4.84. The van der Waals surface area contributed by atoms with Gasteiger partial charge in [-0.3, -0.25) is 0 Å². The molecule has 1 heterocycles. The van der Waals surface area contributed by atoms with Gasteiger partial charge in [0.05, 0.1) is 0 Å². The van der Waals surface area contributed by atoms with E-state index >= 15 is 0 Å². The number of dihydropyridines is 1. The minimum Gasteiger partial charge on any atom is -0.384 e. The van der Waals surface area contributed by atoms with Crippen LogP contribution in [-0.2, 0) is 0 Å². The molecular weight excluding hydrogens is 230 g/mol. The van der Waals surface area contributed by atoms with Gasteiger partial charge in [-0.25, -0.2) is 0 Å². The van der Waals surface area contributed by atoms with Crippen molar-refractivity contribution < 1.29 is 0 Å². The van der Waals surface area contributed by atoms with Crippen LogP contribution in [-0.4, -0.2) is 6.04 Å². The SMILES string of the molecule is CCCC1NC=C(CC)C(c2ccccc2)=C1CC. The third kappa shape index (κ3) is 2.91. The van der Waals surface area contributed by atoms with E-state index in [0.717, 1.165) is 12.8 Å². The van der Waals surface area contributed by atoms with Crippen molar-refractivity contribution in [3.63, 3.8) is 0 Å². The minimum atomic E-state index is 0.514. The molecule has 1 atom stereocenters. The fraction of sp³-hybridized carbons (Fsp3) is 0.444. The number of hydrogen-bond donors (Lipinski definition) is 1. The first-order valence-corrected chi connectivity index (χ1v) is 7.55. The highest BCUT2D eigenvalue weighted by atomic mass is 14.9. The van der Waals surface area contributed by atoms with Crippen molar-refractivity contribution in [2.24, 2.45) is 0 Å². The van der Waals surface area contributed by atoms with E-state index < -0.39 is 0 Å². The Morgan fingerprint density at radius 1 is 1.00 bits per heavy atom. The molecule has 0 aliphatic carbocycles. The van der Waals surface area contributed by atoms with Gasteiger partial charge in [0.15, 0.2) is 0 Å². The molecule has 1 heteroatoms. The summed E-state index contributed by atoms with van der Waals surface area (Å²) < 4.78 is 0. The van der Waals surface area contributed by atoms with E-state index in [-0.39, 0.29) is 0 Å². The monoisotopic (exact) mass is 255 g/mol. The summed E-state index contributed by atoms with van der Waals surface area (Å²) >= 11 is 0. The van der Waals surface area contributed by atoms with Crippen molar-refractivity contribution in [1.82, 2.24) is 5.32 Å². The summed E-state index contributed by atoms with van der Waals surface area (Å²) in [6.07, 6.45) is 6.88. The summed E-state index contributed by atoms with van der Waals surface area (Å²) in [4.78, 5) is 0. The Hall–Kier alpha value is -1.50. The first-order valence-electron chi connectivity index (χ1n) is 7.55. The fourth-order valence-corrected chi connectivity index (χ4v) is 2.98. The highest BCUT2D eigenvalue weighted by Gasteiger charge is 2.22. The number of rotatable bonds is 5. The van der Waals surface area contributed by atoms with Gasteiger partial charge < -0.3 is 5.32 Å². The zero-order valence-corrected chi connectivity index (χ0v) is 12.4. The van der Waals surface area contributed by atoms with Crippen LogP contribution >= 0.6 is 0 Å². The van der Waals surface area contributed by atoms with E-state index in [1.54, 1.807) is 5.57 Å². The molecule has 0 saturated heterocycles. The molecule has 1 aromatic carbocycles. The Morgan fingerprint density at radius 2 is 1.74 bits per heavy atom. The largest absolute Gasteiger partial charge is 0.384 e. The first kappa shape index (κ1) is 13.9. The zero-order valence-electron chi connectivity index (χ0n) is 12.4. The average Bonchev–Trinajstić information content (AvgIpc) is 2.48. The van der Waals surface area contributed by atoms with Crippen LogP contribution < -0.4 is 5.32 Å². The third-order valence-electron chi connectivity index (χ3n) is 3.92. The molecule has 0 aromatic heterocycles. The quantitative estimate of drug-likeness (QED) is 0.787. The summed E-state index contributed by atoms with van der Waals surface area (Å²) in [6, 6.07) is 11.4. The Morgan fingerprint density at radius 3 is 2.32 bits per heavy atom. The summed E-state index contributed by atoms with van der Waals surface area (Å²) in [6.45, 7) is 6.78. The molecule has 1 aliphatic rings. The molecule has 0 saturated carbocycles. The van der Waals surface area contributed by atoms with Gasteiger partial charge in [-0.15, -0.1) is 0 Å². The van der Waals surface area contributed by atoms with Gasteiger partial charge in [0.2, 0.25) is 0 Å². The van der Waals surface area contributed by atoms with Crippen LogP contribution in [0.2, 0.25) is 0 Å². The van der Waals surface area contributed by atoms with Crippen LogP contribution in [0.3, 0.4) is 0 Å². The third-order valence-corrected chi connectivity index (χ3v) is 3.92. The van der Waals surface area contributed by atoms with Crippen LogP contribution in [0.5, 0.6) is 0 Å². The van der Waals surface area contributed by atoms with Crippen molar-refractivity contribution in [2.45, 2.75) is 52.5 Å². The van der Waals surface area contributed by atoms with Gasteiger partial charge in [0.1, 0.15) is 0 Å². The van der Waals surface area contributed by atoms with Gasteiger partial charge in [-0.2, -0.15) is 0 Å². The molecule has 1 unspecified atom stereocenters. The van der Waals surface area contributed by atoms with Crippen LogP contribution in [0.4, 0.5) is 0 Å². The number of benzene rings is 1. The fourth-order valence-electron chi connectivity index (χ4n) is 2.98. The number of allylic oxidation sites excluding steroid dienone is 2. The Balaban J connectivity index is 2.49. The molecule has 1 nitrogen and oxygen atoms in total. The van der Waals surface area contributed by atoms with Crippen LogP contribution in [0.15, 0.2) is 47.7 Å². The summed E-state index contributed by atoms with van der Waals surface area (Å²) in [5, 5.41) is 3.60. The normalized spacial score (nSPS) is 19.1. The lowest BCUT2D eigenvalue weighted by Crippen LogP contribution is -2.31. The zero-order chi connectivity index (χ0) is 13.7. The predicted octanol–water partition coefficient (Wildman–Crippen LogP) is 4.92. The maximum Gasteiger partial charge on any atom is 0.0477 e. The van der Waals surface area contributed by atoms with Crippen molar-refractivity contribution in [1.29, 1.82) is 0 Å². The lowest BCUT2D eigenvalue weighted by molar-refractivity contribution is 0.578. The van der Waals surface area contributed by atoms with Crippen molar-refractivity contribution in [2.75, 3.05) is 0 Å². The maximum absolute atomic E-state index is 3.60. The van der Waals surface area contributed by atoms with Gasteiger partial charge in [0.25, 0.3) is 0 Å². The molecule has 1 N–H and O–H groups in total. The number of hydrogen-bond acceptors (Lipinski definition) is 1. The molecule has 0 fully saturated rings. The van der Waals surface area contributed by atoms with Crippen LogP contribution in [0.25, 0.3) is 5.57 Å². The molecule has 1 aromatic rings.